The minimum Gasteiger partial charge on any atom is -0.508 e. The van der Waals surface area contributed by atoms with Gasteiger partial charge in [-0.3, -0.25) is 19.2 Å². The van der Waals surface area contributed by atoms with Gasteiger partial charge in [0.25, 0.3) is 0 Å². The van der Waals surface area contributed by atoms with Crippen LogP contribution in [0.5, 0.6) is 5.75 Å². The smallest absolute Gasteiger partial charge is 0.326 e. The second-order valence-corrected chi connectivity index (χ2v) is 10.9. The third-order valence-electron chi connectivity index (χ3n) is 6.24. The lowest BCUT2D eigenvalue weighted by molar-refractivity contribution is -0.143. The van der Waals surface area contributed by atoms with E-state index >= 15 is 0 Å². The van der Waals surface area contributed by atoms with E-state index in [0.717, 1.165) is 5.57 Å². The Morgan fingerprint density at radius 1 is 0.800 bits per heavy atom. The number of aliphatic carboxylic acids is 1. The Morgan fingerprint density at radius 2 is 1.38 bits per heavy atom. The number of aromatic hydroxyl groups is 1. The van der Waals surface area contributed by atoms with E-state index in [1.807, 2.05) is 19.9 Å². The average molecular weight is 561 g/mol. The Hall–Kier alpha value is -3.89. The van der Waals surface area contributed by atoms with Gasteiger partial charge in [-0.2, -0.15) is 0 Å². The van der Waals surface area contributed by atoms with Gasteiger partial charge in [0, 0.05) is 13.3 Å². The van der Waals surface area contributed by atoms with Crippen molar-refractivity contribution in [2.45, 2.75) is 92.4 Å². The van der Waals surface area contributed by atoms with E-state index in [4.69, 9.17) is 0 Å². The van der Waals surface area contributed by atoms with Gasteiger partial charge in [0.15, 0.2) is 0 Å². The first-order valence-electron chi connectivity index (χ1n) is 13.4. The van der Waals surface area contributed by atoms with Crippen molar-refractivity contribution in [3.63, 3.8) is 0 Å². The second kappa shape index (κ2) is 15.6. The highest BCUT2D eigenvalue weighted by Crippen LogP contribution is 2.21. The zero-order valence-corrected chi connectivity index (χ0v) is 24.6. The molecule has 0 aliphatic rings. The Bertz CT molecular complexity index is 1110. The van der Waals surface area contributed by atoms with E-state index in [1.165, 1.54) is 19.9 Å². The summed E-state index contributed by atoms with van der Waals surface area (Å²) in [5, 5.41) is 29.8. The highest BCUT2D eigenvalue weighted by Gasteiger charge is 2.32. The molecule has 40 heavy (non-hydrogen) atoms. The molecule has 1 rings (SSSR count). The maximum absolute atomic E-state index is 13.1. The third kappa shape index (κ3) is 11.1. The molecule has 0 aromatic heterocycles. The summed E-state index contributed by atoms with van der Waals surface area (Å²) in [6, 6.07) is 0.742. The summed E-state index contributed by atoms with van der Waals surface area (Å²) in [5.74, 6) is -4.12. The summed E-state index contributed by atoms with van der Waals surface area (Å²) in [5.41, 5.74) is 2.47. The van der Waals surface area contributed by atoms with Crippen molar-refractivity contribution in [1.82, 2.24) is 21.3 Å². The lowest BCUT2D eigenvalue weighted by Crippen LogP contribution is -2.58. The minimum absolute atomic E-state index is 0.116. The second-order valence-electron chi connectivity index (χ2n) is 10.9. The fourth-order valence-corrected chi connectivity index (χ4v) is 3.88. The number of carbonyl (C=O) groups excluding carboxylic acids is 4. The lowest BCUT2D eigenvalue weighted by Gasteiger charge is -2.27. The molecule has 0 aliphatic heterocycles. The standard InChI is InChI=1S/C29H44N4O7/c1-15(2)9-11-21-13-20(10-12-23(21)35)14-22(31-19(8)34)27(37)30-18(7)26(36)32-24(16(3)4)28(38)33-25(17(5)6)29(39)40/h9-10,12-13,16-18,22,24-25,35H,11,14H2,1-8H3,(H,30,37)(H,31,34)(H,32,36)(H,33,38)(H,39,40)/t18-,22?,24-,25+/m0/s1. The fourth-order valence-electron chi connectivity index (χ4n) is 3.88. The summed E-state index contributed by atoms with van der Waals surface area (Å²) in [7, 11) is 0. The maximum atomic E-state index is 13.1. The molecule has 0 spiro atoms. The van der Waals surface area contributed by atoms with E-state index < -0.39 is 53.8 Å². The Balaban J connectivity index is 3.00. The molecule has 1 unspecified atom stereocenters. The topological polar surface area (TPSA) is 174 Å². The van der Waals surface area contributed by atoms with Gasteiger partial charge >= 0.3 is 5.97 Å². The number of phenolic OH excluding ortho intramolecular Hbond substituents is 1. The number of benzene rings is 1. The zero-order chi connectivity index (χ0) is 30.7. The molecule has 0 aliphatic carbocycles. The minimum atomic E-state index is -1.18. The highest BCUT2D eigenvalue weighted by atomic mass is 16.4. The molecule has 222 valence electrons. The van der Waals surface area contributed by atoms with Gasteiger partial charge in [0.05, 0.1) is 0 Å². The number of nitrogens with one attached hydrogen (secondary N) is 4. The number of carboxylic acid groups (broad SMARTS) is 1. The number of hydrogen-bond donors (Lipinski definition) is 6. The first kappa shape index (κ1) is 34.1. The monoisotopic (exact) mass is 560 g/mol. The molecule has 1 aromatic carbocycles. The molecule has 4 atom stereocenters. The van der Waals surface area contributed by atoms with Crippen molar-refractivity contribution in [3.8, 4) is 5.75 Å². The van der Waals surface area contributed by atoms with Crippen LogP contribution in [-0.2, 0) is 36.8 Å². The number of amides is 4. The maximum Gasteiger partial charge on any atom is 0.326 e. The molecule has 0 fully saturated rings. The van der Waals surface area contributed by atoms with Gasteiger partial charge in [-0.05, 0) is 56.2 Å². The number of hydrogen-bond acceptors (Lipinski definition) is 6. The van der Waals surface area contributed by atoms with E-state index in [9.17, 15) is 34.2 Å². The van der Waals surface area contributed by atoms with Crippen LogP contribution in [0.25, 0.3) is 0 Å². The largest absolute Gasteiger partial charge is 0.508 e. The van der Waals surface area contributed by atoms with Crippen LogP contribution in [0.3, 0.4) is 0 Å². The van der Waals surface area contributed by atoms with E-state index in [-0.39, 0.29) is 24.0 Å². The summed E-state index contributed by atoms with van der Waals surface area (Å²) < 4.78 is 0. The van der Waals surface area contributed by atoms with Gasteiger partial charge in [0.1, 0.15) is 29.9 Å². The van der Waals surface area contributed by atoms with Gasteiger partial charge in [-0.15, -0.1) is 0 Å². The van der Waals surface area contributed by atoms with Crippen LogP contribution in [0.2, 0.25) is 0 Å². The van der Waals surface area contributed by atoms with E-state index in [2.05, 4.69) is 21.3 Å². The third-order valence-corrected chi connectivity index (χ3v) is 6.24. The van der Waals surface area contributed by atoms with Crippen LogP contribution < -0.4 is 21.3 Å². The van der Waals surface area contributed by atoms with E-state index in [1.54, 1.807) is 39.8 Å². The van der Waals surface area contributed by atoms with Gasteiger partial charge in [0.2, 0.25) is 23.6 Å². The molecule has 0 heterocycles. The molecule has 11 heteroatoms. The van der Waals surface area contributed by atoms with Crippen LogP contribution in [0.15, 0.2) is 29.8 Å². The number of rotatable bonds is 14. The van der Waals surface area contributed by atoms with Crippen molar-refractivity contribution in [1.29, 1.82) is 0 Å². The molecule has 0 bridgehead atoms. The molecular weight excluding hydrogens is 516 g/mol. The quantitative estimate of drug-likeness (QED) is 0.188. The fraction of sp³-hybridized carbons (Fsp3) is 0.552. The lowest BCUT2D eigenvalue weighted by atomic mass is 9.99. The van der Waals surface area contributed by atoms with Crippen LogP contribution in [-0.4, -0.2) is 64.0 Å². The van der Waals surface area contributed by atoms with E-state index in [0.29, 0.717) is 17.5 Å². The molecule has 11 nitrogen and oxygen atoms in total. The predicted octanol–water partition coefficient (Wildman–Crippen LogP) is 1.82. The molecule has 0 radical (unpaired) electrons. The average Bonchev–Trinajstić information content (AvgIpc) is 2.84. The number of phenols is 1. The van der Waals surface area contributed by atoms with Gasteiger partial charge < -0.3 is 31.5 Å². The Morgan fingerprint density at radius 3 is 1.88 bits per heavy atom. The summed E-state index contributed by atoms with van der Waals surface area (Å²) in [6.07, 6.45) is 2.59. The number of allylic oxidation sites excluding steroid dienone is 2. The Kier molecular flexibility index (Phi) is 13.3. The van der Waals surface area contributed by atoms with Crippen LogP contribution in [0.1, 0.15) is 66.5 Å². The van der Waals surface area contributed by atoms with Crippen molar-refractivity contribution >= 4 is 29.6 Å². The van der Waals surface area contributed by atoms with Crippen LogP contribution in [0.4, 0.5) is 0 Å². The summed E-state index contributed by atoms with van der Waals surface area (Å²) >= 11 is 0. The molecular formula is C29H44N4O7. The van der Waals surface area contributed by atoms with Crippen LogP contribution >= 0.6 is 0 Å². The van der Waals surface area contributed by atoms with Crippen molar-refractivity contribution in [2.24, 2.45) is 11.8 Å². The SMILES string of the molecule is CC(=O)NC(Cc1ccc(O)c(CC=C(C)C)c1)C(=O)N[C@@H](C)C(=O)N[C@H](C(=O)N[C@@H](C(=O)O)C(C)C)C(C)C. The number of carboxylic acids is 1. The first-order chi connectivity index (χ1) is 18.5. The normalized spacial score (nSPS) is 13.9. The first-order valence-corrected chi connectivity index (χ1v) is 13.4. The van der Waals surface area contributed by atoms with Crippen LogP contribution in [0, 0.1) is 11.8 Å². The van der Waals surface area contributed by atoms with Gasteiger partial charge in [-0.1, -0.05) is 51.5 Å². The van der Waals surface area contributed by atoms with Crippen molar-refractivity contribution in [2.75, 3.05) is 0 Å². The molecule has 0 saturated heterocycles. The predicted molar refractivity (Wildman–Crippen MR) is 151 cm³/mol. The summed E-state index contributed by atoms with van der Waals surface area (Å²) in [4.78, 5) is 62.2. The molecule has 0 saturated carbocycles. The summed E-state index contributed by atoms with van der Waals surface area (Å²) in [6.45, 7) is 13.3. The van der Waals surface area contributed by atoms with Crippen molar-refractivity contribution < 1.29 is 34.2 Å². The highest BCUT2D eigenvalue weighted by molar-refractivity contribution is 5.94. The van der Waals surface area contributed by atoms with Crippen molar-refractivity contribution in [3.05, 3.63) is 41.0 Å². The zero-order valence-electron chi connectivity index (χ0n) is 24.6. The number of carbonyl (C=O) groups is 5. The van der Waals surface area contributed by atoms with Gasteiger partial charge in [-0.25, -0.2) is 4.79 Å². The Labute approximate surface area is 236 Å². The molecule has 4 amide bonds. The molecule has 6 N–H and O–H groups in total. The molecule has 1 aromatic rings.